The van der Waals surface area contributed by atoms with Crippen molar-refractivity contribution in [1.29, 1.82) is 0 Å². The van der Waals surface area contributed by atoms with Crippen LogP contribution in [0.3, 0.4) is 0 Å². The van der Waals surface area contributed by atoms with E-state index in [1.807, 2.05) is 0 Å². The number of nitro benzene ring substituents is 1. The van der Waals surface area contributed by atoms with Crippen LogP contribution < -0.4 is 21.3 Å². The van der Waals surface area contributed by atoms with Gasteiger partial charge in [0.15, 0.2) is 5.11 Å². The Labute approximate surface area is 126 Å². The molecular weight excluding hydrogens is 318 g/mol. The van der Waals surface area contributed by atoms with Crippen LogP contribution in [0.2, 0.25) is 0 Å². The summed E-state index contributed by atoms with van der Waals surface area (Å²) in [6.45, 7) is 3.91. The molecule has 114 valence electrons. The van der Waals surface area contributed by atoms with Gasteiger partial charge in [0.25, 0.3) is 5.69 Å². The van der Waals surface area contributed by atoms with Gasteiger partial charge in [-0.1, -0.05) is 6.08 Å². The normalized spacial score (nSPS) is 10.5. The number of anilines is 1. The minimum atomic E-state index is -4.02. The van der Waals surface area contributed by atoms with Crippen LogP contribution in [-0.2, 0) is 10.0 Å². The van der Waals surface area contributed by atoms with Crippen LogP contribution in [0.25, 0.3) is 0 Å². The van der Waals surface area contributed by atoms with Gasteiger partial charge in [0, 0.05) is 12.6 Å². The fourth-order valence-corrected chi connectivity index (χ4v) is 1.95. The molecule has 1 rings (SSSR count). The summed E-state index contributed by atoms with van der Waals surface area (Å²) < 4.78 is 22.4. The van der Waals surface area contributed by atoms with E-state index in [-0.39, 0.29) is 15.7 Å². The van der Waals surface area contributed by atoms with Crippen LogP contribution in [0, 0.1) is 10.1 Å². The SMILES string of the molecule is C=CCNC(=S)NNc1ccc(S(N)(=O)=O)cc1[N+](=O)[O-]. The van der Waals surface area contributed by atoms with Gasteiger partial charge in [-0.25, -0.2) is 13.6 Å². The van der Waals surface area contributed by atoms with Gasteiger partial charge in [-0.05, 0) is 24.4 Å². The number of nitrogens with one attached hydrogen (secondary N) is 3. The molecular formula is C10H13N5O4S2. The molecule has 0 heterocycles. The lowest BCUT2D eigenvalue weighted by molar-refractivity contribution is -0.384. The van der Waals surface area contributed by atoms with E-state index >= 15 is 0 Å². The molecule has 5 N–H and O–H groups in total. The van der Waals surface area contributed by atoms with Gasteiger partial charge in [-0.2, -0.15) is 0 Å². The summed E-state index contributed by atoms with van der Waals surface area (Å²) in [5, 5.41) is 18.8. The van der Waals surface area contributed by atoms with Crippen molar-refractivity contribution in [1.82, 2.24) is 10.7 Å². The quantitative estimate of drug-likeness (QED) is 0.251. The standard InChI is InChI=1S/C10H13N5O4S2/c1-2-5-12-10(20)14-13-8-4-3-7(21(11,18)19)6-9(8)15(16)17/h2-4,6,13H,1,5H2,(H2,11,18,19)(H2,12,14,20). The number of nitrogens with zero attached hydrogens (tertiary/aromatic N) is 1. The molecule has 0 unspecified atom stereocenters. The summed E-state index contributed by atoms with van der Waals surface area (Å²) in [5.41, 5.74) is 4.62. The third-order valence-electron chi connectivity index (χ3n) is 2.21. The van der Waals surface area contributed by atoms with Gasteiger partial charge in [0.1, 0.15) is 5.69 Å². The topological polar surface area (TPSA) is 139 Å². The Hall–Kier alpha value is -2.24. The van der Waals surface area contributed by atoms with Gasteiger partial charge in [0.2, 0.25) is 10.0 Å². The van der Waals surface area contributed by atoms with Crippen LogP contribution in [-0.4, -0.2) is 25.0 Å². The van der Waals surface area contributed by atoms with E-state index in [9.17, 15) is 18.5 Å². The number of rotatable bonds is 6. The Bertz CT molecular complexity index is 674. The number of nitrogens with two attached hydrogens (primary N) is 1. The summed E-state index contributed by atoms with van der Waals surface area (Å²) in [7, 11) is -4.02. The third kappa shape index (κ3) is 4.98. The smallest absolute Gasteiger partial charge is 0.295 e. The Morgan fingerprint density at radius 2 is 2.19 bits per heavy atom. The molecule has 0 aliphatic heterocycles. The zero-order valence-corrected chi connectivity index (χ0v) is 12.3. The third-order valence-corrected chi connectivity index (χ3v) is 3.37. The second-order valence-electron chi connectivity index (χ2n) is 3.73. The average Bonchev–Trinajstić information content (AvgIpc) is 2.41. The number of benzene rings is 1. The van der Waals surface area contributed by atoms with Crippen LogP contribution in [0.1, 0.15) is 0 Å². The molecule has 0 aliphatic carbocycles. The fraction of sp³-hybridized carbons (Fsp3) is 0.100. The molecule has 0 saturated heterocycles. The molecule has 0 spiro atoms. The maximum Gasteiger partial charge on any atom is 0.295 e. The van der Waals surface area contributed by atoms with E-state index in [1.54, 1.807) is 6.08 Å². The van der Waals surface area contributed by atoms with E-state index in [0.29, 0.717) is 6.54 Å². The molecule has 0 atom stereocenters. The first-order valence-corrected chi connectivity index (χ1v) is 7.43. The lowest BCUT2D eigenvalue weighted by atomic mass is 10.3. The van der Waals surface area contributed by atoms with E-state index in [4.69, 9.17) is 17.4 Å². The number of hydrogen-bond donors (Lipinski definition) is 4. The first-order chi connectivity index (χ1) is 9.75. The highest BCUT2D eigenvalue weighted by Gasteiger charge is 2.19. The van der Waals surface area contributed by atoms with Gasteiger partial charge in [0.05, 0.1) is 9.82 Å². The summed E-state index contributed by atoms with van der Waals surface area (Å²) in [5.74, 6) is 0. The summed E-state index contributed by atoms with van der Waals surface area (Å²) in [6.07, 6.45) is 1.58. The molecule has 11 heteroatoms. The number of thiocarbonyl (C=S) groups is 1. The van der Waals surface area contributed by atoms with Crippen LogP contribution in [0.15, 0.2) is 35.7 Å². The van der Waals surface area contributed by atoms with Crippen molar-refractivity contribution in [2.45, 2.75) is 4.90 Å². The number of hydrazine groups is 1. The maximum atomic E-state index is 11.2. The molecule has 0 bridgehead atoms. The van der Waals surface area contributed by atoms with Crippen LogP contribution >= 0.6 is 12.2 Å². The van der Waals surface area contributed by atoms with Crippen molar-refractivity contribution in [3.05, 3.63) is 41.0 Å². The zero-order chi connectivity index (χ0) is 16.0. The molecule has 0 amide bonds. The maximum absolute atomic E-state index is 11.2. The second kappa shape index (κ2) is 6.97. The van der Waals surface area contributed by atoms with Crippen molar-refractivity contribution in [3.8, 4) is 0 Å². The average molecular weight is 331 g/mol. The minimum absolute atomic E-state index is 0.0372. The summed E-state index contributed by atoms with van der Waals surface area (Å²) >= 11 is 4.89. The van der Waals surface area contributed by atoms with Crippen molar-refractivity contribution in [3.63, 3.8) is 0 Å². The highest BCUT2D eigenvalue weighted by Crippen LogP contribution is 2.26. The second-order valence-corrected chi connectivity index (χ2v) is 5.70. The number of nitro groups is 1. The van der Waals surface area contributed by atoms with Crippen molar-refractivity contribution in [2.75, 3.05) is 12.0 Å². The molecule has 21 heavy (non-hydrogen) atoms. The molecule has 0 radical (unpaired) electrons. The molecule has 9 nitrogen and oxygen atoms in total. The molecule has 0 saturated carbocycles. The number of primary sulfonamides is 1. The lowest BCUT2D eigenvalue weighted by Gasteiger charge is -2.12. The Morgan fingerprint density at radius 3 is 2.71 bits per heavy atom. The predicted molar refractivity (Wildman–Crippen MR) is 82.0 cm³/mol. The first kappa shape index (κ1) is 16.8. The summed E-state index contributed by atoms with van der Waals surface area (Å²) in [4.78, 5) is 9.87. The van der Waals surface area contributed by atoms with Crippen molar-refractivity contribution < 1.29 is 13.3 Å². The predicted octanol–water partition coefficient (Wildman–Crippen LogP) is 0.219. The molecule has 0 aromatic heterocycles. The van der Waals surface area contributed by atoms with Crippen LogP contribution in [0.4, 0.5) is 11.4 Å². The number of hydrogen-bond acceptors (Lipinski definition) is 6. The van der Waals surface area contributed by atoms with Crippen molar-refractivity contribution in [2.24, 2.45) is 5.14 Å². The zero-order valence-electron chi connectivity index (χ0n) is 10.7. The Kier molecular flexibility index (Phi) is 5.58. The fourth-order valence-electron chi connectivity index (χ4n) is 1.28. The van der Waals surface area contributed by atoms with Gasteiger partial charge >= 0.3 is 0 Å². The summed E-state index contributed by atoms with van der Waals surface area (Å²) in [6, 6.07) is 3.22. The van der Waals surface area contributed by atoms with Gasteiger partial charge in [-0.15, -0.1) is 6.58 Å². The van der Waals surface area contributed by atoms with E-state index < -0.39 is 20.6 Å². The minimum Gasteiger partial charge on any atom is -0.358 e. The highest BCUT2D eigenvalue weighted by molar-refractivity contribution is 7.89. The largest absolute Gasteiger partial charge is 0.358 e. The van der Waals surface area contributed by atoms with E-state index in [0.717, 1.165) is 12.1 Å². The molecule has 1 aromatic rings. The van der Waals surface area contributed by atoms with Gasteiger partial charge in [-0.3, -0.25) is 21.0 Å². The first-order valence-electron chi connectivity index (χ1n) is 5.47. The lowest BCUT2D eigenvalue weighted by Crippen LogP contribution is -2.38. The number of sulfonamides is 1. The molecule has 0 aliphatic rings. The van der Waals surface area contributed by atoms with Gasteiger partial charge < -0.3 is 5.32 Å². The van der Waals surface area contributed by atoms with E-state index in [2.05, 4.69) is 22.7 Å². The van der Waals surface area contributed by atoms with Crippen molar-refractivity contribution >= 4 is 38.7 Å². The monoisotopic (exact) mass is 331 g/mol. The Balaban J connectivity index is 2.95. The molecule has 0 fully saturated rings. The molecule has 1 aromatic carbocycles. The Morgan fingerprint density at radius 1 is 1.52 bits per heavy atom. The highest BCUT2D eigenvalue weighted by atomic mass is 32.2. The van der Waals surface area contributed by atoms with Crippen LogP contribution in [0.5, 0.6) is 0 Å². The van der Waals surface area contributed by atoms with E-state index in [1.165, 1.54) is 6.07 Å².